The molecule has 0 saturated heterocycles. The summed E-state index contributed by atoms with van der Waals surface area (Å²) in [5.74, 6) is -1.76. The Morgan fingerprint density at radius 2 is 1.56 bits per heavy atom. The summed E-state index contributed by atoms with van der Waals surface area (Å²) in [6.07, 6.45) is 0. The molecule has 0 saturated carbocycles. The van der Waals surface area contributed by atoms with Crippen LogP contribution in [0.4, 0.5) is 0 Å². The van der Waals surface area contributed by atoms with Crippen molar-refractivity contribution in [1.82, 2.24) is 9.80 Å². The molecule has 1 N–H and O–H groups in total. The molecule has 2 amide bonds. The molecule has 0 aromatic rings. The van der Waals surface area contributed by atoms with Gasteiger partial charge in [-0.2, -0.15) is 0 Å². The van der Waals surface area contributed by atoms with Gasteiger partial charge in [-0.25, -0.2) is 4.79 Å². The first-order valence-electron chi connectivity index (χ1n) is 5.62. The molecule has 0 aromatic heterocycles. The normalized spacial score (nSPS) is 11.6. The Labute approximate surface area is 107 Å². The lowest BCUT2D eigenvalue weighted by atomic mass is 10.1. The molecule has 18 heavy (non-hydrogen) atoms. The smallest absolute Gasteiger partial charge is 0.331 e. The number of aliphatic carboxylic acids is 1. The zero-order valence-electron chi connectivity index (χ0n) is 11.5. The van der Waals surface area contributed by atoms with E-state index in [1.165, 1.54) is 23.6 Å². The van der Waals surface area contributed by atoms with Crippen LogP contribution in [0.15, 0.2) is 11.1 Å². The molecule has 0 bridgehead atoms. The molecule has 0 rings (SSSR count). The Bertz CT molecular complexity index is 386. The van der Waals surface area contributed by atoms with E-state index in [0.29, 0.717) is 6.54 Å². The van der Waals surface area contributed by atoms with Gasteiger partial charge in [0.2, 0.25) is 11.8 Å². The van der Waals surface area contributed by atoms with Gasteiger partial charge in [-0.05, 0) is 20.8 Å². The largest absolute Gasteiger partial charge is 0.478 e. The van der Waals surface area contributed by atoms with Crippen LogP contribution in [0.5, 0.6) is 0 Å². The van der Waals surface area contributed by atoms with E-state index < -0.39 is 11.9 Å². The van der Waals surface area contributed by atoms with E-state index in [9.17, 15) is 14.4 Å². The molecule has 0 aliphatic heterocycles. The fourth-order valence-corrected chi connectivity index (χ4v) is 1.19. The summed E-state index contributed by atoms with van der Waals surface area (Å²) in [5, 5.41) is 8.82. The molecule has 0 spiro atoms. The number of nitrogens with zero attached hydrogens (tertiary/aromatic N) is 2. The molecule has 0 atom stereocenters. The third-order valence-electron chi connectivity index (χ3n) is 2.70. The van der Waals surface area contributed by atoms with Crippen molar-refractivity contribution in [3.63, 3.8) is 0 Å². The maximum atomic E-state index is 12.0. The monoisotopic (exact) mass is 256 g/mol. The highest BCUT2D eigenvalue weighted by atomic mass is 16.4. The molecular weight excluding hydrogens is 236 g/mol. The average molecular weight is 256 g/mol. The molecule has 0 aliphatic rings. The molecule has 0 unspecified atom stereocenters. The minimum Gasteiger partial charge on any atom is -0.478 e. The fourth-order valence-electron chi connectivity index (χ4n) is 1.19. The van der Waals surface area contributed by atoms with Crippen LogP contribution in [-0.4, -0.2) is 59.9 Å². The van der Waals surface area contributed by atoms with Gasteiger partial charge in [-0.1, -0.05) is 0 Å². The predicted molar refractivity (Wildman–Crippen MR) is 67.0 cm³/mol. The van der Waals surface area contributed by atoms with E-state index in [4.69, 9.17) is 5.11 Å². The number of carbonyl (C=O) groups excluding carboxylic acids is 2. The standard InChI is InChI=1S/C12H20N2O4/c1-6-14(7-10(15)13(4)5)11(16)8(2)9(3)12(17)18/h6-7H2,1-5H3,(H,17,18)/b9-8-. The lowest BCUT2D eigenvalue weighted by Crippen LogP contribution is -2.40. The van der Waals surface area contributed by atoms with Crippen LogP contribution in [0.25, 0.3) is 0 Å². The van der Waals surface area contributed by atoms with Crippen molar-refractivity contribution >= 4 is 17.8 Å². The molecule has 102 valence electrons. The Hall–Kier alpha value is -1.85. The van der Waals surface area contributed by atoms with Crippen LogP contribution in [0.2, 0.25) is 0 Å². The van der Waals surface area contributed by atoms with Crippen LogP contribution >= 0.6 is 0 Å². The summed E-state index contributed by atoms with van der Waals surface area (Å²) < 4.78 is 0. The summed E-state index contributed by atoms with van der Waals surface area (Å²) in [4.78, 5) is 37.0. The van der Waals surface area contributed by atoms with E-state index >= 15 is 0 Å². The van der Waals surface area contributed by atoms with Crippen LogP contribution in [0.3, 0.4) is 0 Å². The Morgan fingerprint density at radius 1 is 1.06 bits per heavy atom. The molecule has 0 radical (unpaired) electrons. The number of hydrogen-bond acceptors (Lipinski definition) is 3. The first-order chi connectivity index (χ1) is 8.22. The maximum Gasteiger partial charge on any atom is 0.331 e. The summed E-state index contributed by atoms with van der Waals surface area (Å²) in [6, 6.07) is 0. The second kappa shape index (κ2) is 6.78. The number of likely N-dealkylation sites (N-methyl/N-ethyl adjacent to an activating group) is 2. The van der Waals surface area contributed by atoms with Gasteiger partial charge in [-0.15, -0.1) is 0 Å². The van der Waals surface area contributed by atoms with E-state index in [-0.39, 0.29) is 23.6 Å². The van der Waals surface area contributed by atoms with Gasteiger partial charge in [-0.3, -0.25) is 9.59 Å². The number of carbonyl (C=O) groups is 3. The molecule has 0 aliphatic carbocycles. The second-order valence-electron chi connectivity index (χ2n) is 4.16. The molecule has 6 nitrogen and oxygen atoms in total. The van der Waals surface area contributed by atoms with Gasteiger partial charge >= 0.3 is 5.97 Å². The zero-order valence-corrected chi connectivity index (χ0v) is 11.5. The number of rotatable bonds is 5. The average Bonchev–Trinajstić information content (AvgIpc) is 2.32. The summed E-state index contributed by atoms with van der Waals surface area (Å²) in [5.41, 5.74) is 0.145. The molecule has 6 heteroatoms. The maximum absolute atomic E-state index is 12.0. The Kier molecular flexibility index (Phi) is 6.08. The molecule has 0 aromatic carbocycles. The van der Waals surface area contributed by atoms with Gasteiger partial charge in [0.1, 0.15) is 0 Å². The summed E-state index contributed by atoms with van der Waals surface area (Å²) >= 11 is 0. The van der Waals surface area contributed by atoms with Gasteiger partial charge in [0.05, 0.1) is 6.54 Å². The summed E-state index contributed by atoms with van der Waals surface area (Å²) in [6.45, 7) is 4.87. The lowest BCUT2D eigenvalue weighted by Gasteiger charge is -2.23. The number of carboxylic acids is 1. The van der Waals surface area contributed by atoms with Crippen LogP contribution in [0.1, 0.15) is 20.8 Å². The first kappa shape index (κ1) is 16.1. The minimum atomic E-state index is -1.13. The van der Waals surface area contributed by atoms with Crippen molar-refractivity contribution in [2.45, 2.75) is 20.8 Å². The molecule has 0 heterocycles. The third-order valence-corrected chi connectivity index (χ3v) is 2.70. The van der Waals surface area contributed by atoms with Gasteiger partial charge in [0.25, 0.3) is 0 Å². The van der Waals surface area contributed by atoms with Gasteiger partial charge in [0, 0.05) is 31.8 Å². The zero-order chi connectivity index (χ0) is 14.5. The van der Waals surface area contributed by atoms with E-state index in [0.717, 1.165) is 0 Å². The highest BCUT2D eigenvalue weighted by Gasteiger charge is 2.20. The van der Waals surface area contributed by atoms with Crippen LogP contribution < -0.4 is 0 Å². The van der Waals surface area contributed by atoms with Crippen LogP contribution in [-0.2, 0) is 14.4 Å². The van der Waals surface area contributed by atoms with Crippen molar-refractivity contribution in [2.24, 2.45) is 0 Å². The number of carboxylic acid groups (broad SMARTS) is 1. The van der Waals surface area contributed by atoms with Crippen molar-refractivity contribution in [1.29, 1.82) is 0 Å². The van der Waals surface area contributed by atoms with Crippen molar-refractivity contribution in [2.75, 3.05) is 27.2 Å². The van der Waals surface area contributed by atoms with Gasteiger partial charge < -0.3 is 14.9 Å². The topological polar surface area (TPSA) is 77.9 Å². The third kappa shape index (κ3) is 4.20. The minimum absolute atomic E-state index is 0.00393. The van der Waals surface area contributed by atoms with E-state index in [1.807, 2.05) is 0 Å². The Morgan fingerprint density at radius 3 is 1.89 bits per heavy atom. The Balaban J connectivity index is 4.99. The first-order valence-corrected chi connectivity index (χ1v) is 5.62. The van der Waals surface area contributed by atoms with Crippen molar-refractivity contribution in [3.8, 4) is 0 Å². The van der Waals surface area contributed by atoms with Crippen LogP contribution in [0, 0.1) is 0 Å². The van der Waals surface area contributed by atoms with Gasteiger partial charge in [0.15, 0.2) is 0 Å². The SMILES string of the molecule is CCN(CC(=O)N(C)C)C(=O)/C(C)=C(/C)C(=O)O. The van der Waals surface area contributed by atoms with E-state index in [2.05, 4.69) is 0 Å². The predicted octanol–water partition coefficient (Wildman–Crippen LogP) is 0.344. The fraction of sp³-hybridized carbons (Fsp3) is 0.583. The highest BCUT2D eigenvalue weighted by molar-refractivity contribution is 6.02. The lowest BCUT2D eigenvalue weighted by molar-refractivity contribution is -0.137. The number of hydrogen-bond donors (Lipinski definition) is 1. The number of amides is 2. The molecule has 0 fully saturated rings. The highest BCUT2D eigenvalue weighted by Crippen LogP contribution is 2.08. The van der Waals surface area contributed by atoms with Crippen molar-refractivity contribution < 1.29 is 19.5 Å². The van der Waals surface area contributed by atoms with Crippen molar-refractivity contribution in [3.05, 3.63) is 11.1 Å². The van der Waals surface area contributed by atoms with E-state index in [1.54, 1.807) is 21.0 Å². The molecular formula is C12H20N2O4. The quantitative estimate of drug-likeness (QED) is 0.720. The second-order valence-corrected chi connectivity index (χ2v) is 4.16. The summed E-state index contributed by atoms with van der Waals surface area (Å²) in [7, 11) is 3.21.